The number of hydrogen-bond donors (Lipinski definition) is 1. The molecule has 2 heterocycles. The highest BCUT2D eigenvalue weighted by atomic mass is 35.5. The smallest absolute Gasteiger partial charge is 0.233 e. The molecule has 0 radical (unpaired) electrons. The van der Waals surface area contributed by atoms with Crippen molar-refractivity contribution in [1.82, 2.24) is 10.3 Å². The number of rotatable bonds is 3. The van der Waals surface area contributed by atoms with Crippen LogP contribution in [-0.2, 0) is 4.79 Å². The summed E-state index contributed by atoms with van der Waals surface area (Å²) in [5.74, 6) is 0.339. The molecule has 1 amide bonds. The van der Waals surface area contributed by atoms with E-state index < -0.39 is 0 Å². The van der Waals surface area contributed by atoms with Crippen molar-refractivity contribution in [2.45, 2.75) is 20.3 Å². The van der Waals surface area contributed by atoms with Gasteiger partial charge in [-0.05, 0) is 26.8 Å². The molecule has 1 aliphatic heterocycles. The van der Waals surface area contributed by atoms with E-state index in [1.807, 2.05) is 19.2 Å². The lowest BCUT2D eigenvalue weighted by Crippen LogP contribution is -2.37. The van der Waals surface area contributed by atoms with Gasteiger partial charge >= 0.3 is 0 Å². The van der Waals surface area contributed by atoms with Crippen LogP contribution in [0.2, 0.25) is 0 Å². The van der Waals surface area contributed by atoms with Crippen LogP contribution in [0.15, 0.2) is 5.38 Å². The third-order valence-electron chi connectivity index (χ3n) is 2.83. The molecule has 17 heavy (non-hydrogen) atoms. The fraction of sp³-hybridized carbons (Fsp3) is 0.636. The summed E-state index contributed by atoms with van der Waals surface area (Å²) in [7, 11) is 0. The van der Waals surface area contributed by atoms with Crippen molar-refractivity contribution in [3.8, 4) is 0 Å². The summed E-state index contributed by atoms with van der Waals surface area (Å²) in [6.45, 7) is 6.40. The lowest BCUT2D eigenvalue weighted by Gasteiger charge is -2.20. The van der Waals surface area contributed by atoms with Crippen LogP contribution in [0.1, 0.15) is 19.0 Å². The largest absolute Gasteiger partial charge is 0.316 e. The molecule has 6 heteroatoms. The Bertz CT molecular complexity index is 377. The Kier molecular flexibility index (Phi) is 5.36. The van der Waals surface area contributed by atoms with E-state index in [1.54, 1.807) is 16.2 Å². The molecule has 1 unspecified atom stereocenters. The molecule has 1 aliphatic rings. The van der Waals surface area contributed by atoms with E-state index in [0.29, 0.717) is 6.54 Å². The van der Waals surface area contributed by atoms with Crippen molar-refractivity contribution >= 4 is 34.8 Å². The zero-order chi connectivity index (χ0) is 11.5. The maximum absolute atomic E-state index is 12.2. The van der Waals surface area contributed by atoms with E-state index >= 15 is 0 Å². The summed E-state index contributed by atoms with van der Waals surface area (Å²) >= 11 is 1.54. The van der Waals surface area contributed by atoms with Gasteiger partial charge in [0.25, 0.3) is 0 Å². The highest BCUT2D eigenvalue weighted by Gasteiger charge is 2.28. The van der Waals surface area contributed by atoms with Crippen molar-refractivity contribution in [2.24, 2.45) is 5.92 Å². The third-order valence-corrected chi connectivity index (χ3v) is 3.81. The lowest BCUT2D eigenvalue weighted by molar-refractivity contribution is -0.121. The summed E-state index contributed by atoms with van der Waals surface area (Å²) in [6.07, 6.45) is 0.944. The number of aromatic nitrogens is 1. The number of carbonyl (C=O) groups is 1. The Morgan fingerprint density at radius 1 is 1.71 bits per heavy atom. The fourth-order valence-electron chi connectivity index (χ4n) is 1.94. The average Bonchev–Trinajstić information content (AvgIpc) is 2.90. The number of carbonyl (C=O) groups excluding carboxylic acids is 1. The number of nitrogens with one attached hydrogen (secondary N) is 1. The molecule has 0 aliphatic carbocycles. The Hall–Kier alpha value is -0.650. The summed E-state index contributed by atoms with van der Waals surface area (Å²) in [6, 6.07) is 0. The van der Waals surface area contributed by atoms with Gasteiger partial charge in [-0.3, -0.25) is 9.69 Å². The molecule has 1 atom stereocenters. The van der Waals surface area contributed by atoms with Crippen LogP contribution >= 0.6 is 23.7 Å². The number of hydrogen-bond acceptors (Lipinski definition) is 4. The second-order valence-corrected chi connectivity index (χ2v) is 4.88. The molecular formula is C11H18ClN3OS. The third kappa shape index (κ3) is 3.18. The van der Waals surface area contributed by atoms with Gasteiger partial charge in [-0.15, -0.1) is 23.7 Å². The number of amides is 1. The van der Waals surface area contributed by atoms with Crippen molar-refractivity contribution in [3.05, 3.63) is 11.1 Å². The van der Waals surface area contributed by atoms with Crippen LogP contribution in [-0.4, -0.2) is 30.5 Å². The molecule has 1 aromatic heterocycles. The van der Waals surface area contributed by atoms with Gasteiger partial charge in [-0.25, -0.2) is 4.98 Å². The van der Waals surface area contributed by atoms with E-state index in [1.165, 1.54) is 0 Å². The lowest BCUT2D eigenvalue weighted by atomic mass is 10.1. The molecule has 1 N–H and O–H groups in total. The quantitative estimate of drug-likeness (QED) is 0.916. The minimum Gasteiger partial charge on any atom is -0.316 e. The van der Waals surface area contributed by atoms with Gasteiger partial charge in [0.05, 0.1) is 11.6 Å². The van der Waals surface area contributed by atoms with Gasteiger partial charge in [0.1, 0.15) is 0 Å². The van der Waals surface area contributed by atoms with Crippen molar-refractivity contribution in [1.29, 1.82) is 0 Å². The van der Waals surface area contributed by atoms with Crippen LogP contribution in [0.3, 0.4) is 0 Å². The van der Waals surface area contributed by atoms with Crippen LogP contribution < -0.4 is 10.2 Å². The Balaban J connectivity index is 0.00000144. The molecule has 0 aromatic carbocycles. The number of anilines is 1. The molecule has 2 rings (SSSR count). The van der Waals surface area contributed by atoms with Gasteiger partial charge < -0.3 is 5.32 Å². The predicted octanol–water partition coefficient (Wildman–Crippen LogP) is 1.84. The first kappa shape index (κ1) is 14.4. The maximum atomic E-state index is 12.2. The van der Waals surface area contributed by atoms with Gasteiger partial charge in [-0.1, -0.05) is 0 Å². The first-order valence-corrected chi connectivity index (χ1v) is 6.54. The molecule has 1 aromatic rings. The molecular weight excluding hydrogens is 258 g/mol. The highest BCUT2D eigenvalue weighted by molar-refractivity contribution is 7.14. The SMILES string of the molecule is CCN(C(=O)C1CCNC1)c1nc(C)cs1.Cl. The van der Waals surface area contributed by atoms with E-state index in [-0.39, 0.29) is 24.2 Å². The minimum absolute atomic E-state index is 0. The van der Waals surface area contributed by atoms with Gasteiger partial charge in [0, 0.05) is 18.5 Å². The maximum Gasteiger partial charge on any atom is 0.233 e. The number of aryl methyl sites for hydroxylation is 1. The van der Waals surface area contributed by atoms with Crippen LogP contribution in [0.4, 0.5) is 5.13 Å². The molecule has 1 saturated heterocycles. The summed E-state index contributed by atoms with van der Waals surface area (Å²) in [5.41, 5.74) is 0.982. The van der Waals surface area contributed by atoms with E-state index in [0.717, 1.165) is 30.3 Å². The van der Waals surface area contributed by atoms with E-state index in [2.05, 4.69) is 10.3 Å². The zero-order valence-corrected chi connectivity index (χ0v) is 11.7. The first-order valence-electron chi connectivity index (χ1n) is 5.66. The first-order chi connectivity index (χ1) is 7.72. The molecule has 0 spiro atoms. The normalized spacial score (nSPS) is 18.8. The monoisotopic (exact) mass is 275 g/mol. The Morgan fingerprint density at radius 3 is 2.94 bits per heavy atom. The Labute approximate surface area is 112 Å². The second kappa shape index (κ2) is 6.33. The average molecular weight is 276 g/mol. The minimum atomic E-state index is 0. The Morgan fingerprint density at radius 2 is 2.47 bits per heavy atom. The summed E-state index contributed by atoms with van der Waals surface area (Å²) in [5, 5.41) is 6.04. The standard InChI is InChI=1S/C11H17N3OS.ClH/c1-3-14(11-13-8(2)7-16-11)10(15)9-4-5-12-6-9;/h7,9,12H,3-6H2,1-2H3;1H. The van der Waals surface area contributed by atoms with Gasteiger partial charge in [0.2, 0.25) is 5.91 Å². The predicted molar refractivity (Wildman–Crippen MR) is 73.1 cm³/mol. The summed E-state index contributed by atoms with van der Waals surface area (Å²) in [4.78, 5) is 18.4. The van der Waals surface area contributed by atoms with E-state index in [9.17, 15) is 4.79 Å². The van der Waals surface area contributed by atoms with Gasteiger partial charge in [-0.2, -0.15) is 0 Å². The second-order valence-electron chi connectivity index (χ2n) is 4.04. The molecule has 0 saturated carbocycles. The van der Waals surface area contributed by atoms with E-state index in [4.69, 9.17) is 0 Å². The topological polar surface area (TPSA) is 45.2 Å². The molecule has 0 bridgehead atoms. The molecule has 4 nitrogen and oxygen atoms in total. The number of nitrogens with zero attached hydrogens (tertiary/aromatic N) is 2. The highest BCUT2D eigenvalue weighted by Crippen LogP contribution is 2.23. The van der Waals surface area contributed by atoms with Gasteiger partial charge in [0.15, 0.2) is 5.13 Å². The van der Waals surface area contributed by atoms with Crippen molar-refractivity contribution in [3.63, 3.8) is 0 Å². The number of thiazole rings is 1. The van der Waals surface area contributed by atoms with Crippen LogP contribution in [0.25, 0.3) is 0 Å². The van der Waals surface area contributed by atoms with Crippen molar-refractivity contribution in [2.75, 3.05) is 24.5 Å². The van der Waals surface area contributed by atoms with Crippen LogP contribution in [0.5, 0.6) is 0 Å². The molecule has 96 valence electrons. The zero-order valence-electron chi connectivity index (χ0n) is 10.1. The number of halogens is 1. The summed E-state index contributed by atoms with van der Waals surface area (Å²) < 4.78 is 0. The van der Waals surface area contributed by atoms with Crippen LogP contribution in [0, 0.1) is 12.8 Å². The fourth-order valence-corrected chi connectivity index (χ4v) is 2.81. The van der Waals surface area contributed by atoms with Crippen molar-refractivity contribution < 1.29 is 4.79 Å². The molecule has 1 fully saturated rings.